The van der Waals surface area contributed by atoms with Gasteiger partial charge in [0.25, 0.3) is 5.91 Å². The van der Waals surface area contributed by atoms with E-state index in [0.717, 1.165) is 28.9 Å². The highest BCUT2D eigenvalue weighted by molar-refractivity contribution is 6.02. The summed E-state index contributed by atoms with van der Waals surface area (Å²) < 4.78 is 5.73. The number of hydrogen-bond acceptors (Lipinski definition) is 5. The molecule has 6 rings (SSSR count). The maximum Gasteiger partial charge on any atom is 0.251 e. The maximum atomic E-state index is 13.8. The summed E-state index contributed by atoms with van der Waals surface area (Å²) in [6, 6.07) is 24.8. The van der Waals surface area contributed by atoms with E-state index in [-0.39, 0.29) is 42.3 Å². The highest BCUT2D eigenvalue weighted by Crippen LogP contribution is 2.40. The third-order valence-corrected chi connectivity index (χ3v) is 7.72. The molecule has 1 saturated carbocycles. The summed E-state index contributed by atoms with van der Waals surface area (Å²) >= 11 is 0. The van der Waals surface area contributed by atoms with Gasteiger partial charge in [-0.2, -0.15) is 0 Å². The number of carbonyl (C=O) groups excluding carboxylic acids is 2. The van der Waals surface area contributed by atoms with Crippen LogP contribution in [0, 0.1) is 5.92 Å². The molecule has 7 heteroatoms. The Balaban J connectivity index is 1.21. The lowest BCUT2D eigenvalue weighted by molar-refractivity contribution is -0.130. The van der Waals surface area contributed by atoms with Crippen molar-refractivity contribution < 1.29 is 14.3 Å². The molecule has 3 N–H and O–H groups in total. The van der Waals surface area contributed by atoms with Crippen molar-refractivity contribution in [1.82, 2.24) is 10.2 Å². The molecule has 2 aliphatic heterocycles. The molecule has 1 aliphatic carbocycles. The molecule has 3 aromatic rings. The molecule has 0 bridgehead atoms. The third kappa shape index (κ3) is 5.01. The fourth-order valence-electron chi connectivity index (χ4n) is 5.55. The van der Waals surface area contributed by atoms with Crippen molar-refractivity contribution in [3.8, 4) is 5.75 Å². The Morgan fingerprint density at radius 1 is 1.00 bits per heavy atom. The number of benzene rings is 3. The van der Waals surface area contributed by atoms with Gasteiger partial charge >= 0.3 is 0 Å². The molecule has 2 amide bonds. The minimum absolute atomic E-state index is 0.0389. The Morgan fingerprint density at radius 3 is 2.61 bits per heavy atom. The first kappa shape index (κ1) is 24.2. The van der Waals surface area contributed by atoms with Crippen molar-refractivity contribution in [2.45, 2.75) is 50.2 Å². The normalized spacial score (nSPS) is 22.7. The summed E-state index contributed by atoms with van der Waals surface area (Å²) in [7, 11) is 0. The number of rotatable bonds is 7. The van der Waals surface area contributed by atoms with E-state index in [4.69, 9.17) is 15.5 Å². The molecule has 0 spiro atoms. The lowest BCUT2D eigenvalue weighted by atomic mass is 9.86. The Morgan fingerprint density at radius 2 is 1.79 bits per heavy atom. The minimum Gasteiger partial charge on any atom is -0.493 e. The summed E-state index contributed by atoms with van der Waals surface area (Å²) in [4.78, 5) is 33.4. The maximum absolute atomic E-state index is 13.8. The molecule has 38 heavy (non-hydrogen) atoms. The lowest BCUT2D eigenvalue weighted by Crippen LogP contribution is -2.50. The van der Waals surface area contributed by atoms with Crippen LogP contribution >= 0.6 is 0 Å². The van der Waals surface area contributed by atoms with E-state index in [1.54, 1.807) is 11.0 Å². The lowest BCUT2D eigenvalue weighted by Gasteiger charge is -2.35. The van der Waals surface area contributed by atoms with Crippen molar-refractivity contribution in [3.63, 3.8) is 0 Å². The third-order valence-electron chi connectivity index (χ3n) is 7.72. The highest BCUT2D eigenvalue weighted by Gasteiger charge is 2.41. The summed E-state index contributed by atoms with van der Waals surface area (Å²) in [6.45, 7) is 0.816. The minimum atomic E-state index is -0.357. The second-order valence-corrected chi connectivity index (χ2v) is 10.4. The first-order chi connectivity index (χ1) is 18.6. The fraction of sp³-hybridized carbons (Fsp3) is 0.323. The van der Waals surface area contributed by atoms with Crippen molar-refractivity contribution in [2.24, 2.45) is 16.6 Å². The number of aliphatic imine (C=N–C) groups is 1. The quantitative estimate of drug-likeness (QED) is 0.489. The van der Waals surface area contributed by atoms with E-state index in [2.05, 4.69) is 5.32 Å². The van der Waals surface area contributed by atoms with E-state index >= 15 is 0 Å². The molecule has 3 aromatic carbocycles. The Bertz CT molecular complexity index is 1370. The van der Waals surface area contributed by atoms with Crippen LogP contribution in [-0.2, 0) is 11.3 Å². The number of nitrogens with two attached hydrogens (primary N) is 1. The van der Waals surface area contributed by atoms with Crippen LogP contribution in [-0.4, -0.2) is 35.3 Å². The monoisotopic (exact) mass is 508 g/mol. The Hall–Kier alpha value is -4.13. The van der Waals surface area contributed by atoms with Gasteiger partial charge in [0.05, 0.1) is 31.2 Å². The molecule has 1 unspecified atom stereocenters. The smallest absolute Gasteiger partial charge is 0.251 e. The standard InChI is InChI=1S/C31H32N4O3/c32-31-34-26(18-20-13-14-20)28(22-8-2-1-3-9-22)30(37)35(31)19-21-7-6-10-23(17-21)29(36)33-25-15-16-38-27-12-5-4-11-24(25)27/h1-12,17,20,25-26,28H,13-16,18-19H2,(H2,32,34)(H,33,36)/t25-,26+,28?/m0/s1. The Kier molecular flexibility index (Phi) is 6.58. The molecule has 1 fully saturated rings. The van der Waals surface area contributed by atoms with Crippen LogP contribution in [0.25, 0.3) is 0 Å². The van der Waals surface area contributed by atoms with Gasteiger partial charge in [-0.25, -0.2) is 4.99 Å². The number of hydrogen-bond donors (Lipinski definition) is 2. The largest absolute Gasteiger partial charge is 0.493 e. The van der Waals surface area contributed by atoms with Gasteiger partial charge in [-0.1, -0.05) is 73.5 Å². The van der Waals surface area contributed by atoms with Gasteiger partial charge in [-0.15, -0.1) is 0 Å². The Labute approximate surface area is 222 Å². The number of amides is 2. The van der Waals surface area contributed by atoms with Gasteiger partial charge < -0.3 is 15.8 Å². The fourth-order valence-corrected chi connectivity index (χ4v) is 5.55. The number of nitrogens with zero attached hydrogens (tertiary/aromatic N) is 2. The molecule has 2 heterocycles. The van der Waals surface area contributed by atoms with E-state index in [9.17, 15) is 9.59 Å². The molecule has 0 aromatic heterocycles. The van der Waals surface area contributed by atoms with Crippen LogP contribution < -0.4 is 15.8 Å². The van der Waals surface area contributed by atoms with Crippen molar-refractivity contribution in [1.29, 1.82) is 0 Å². The molecular weight excluding hydrogens is 476 g/mol. The van der Waals surface area contributed by atoms with E-state index in [1.807, 2.05) is 72.8 Å². The zero-order chi connectivity index (χ0) is 26.1. The zero-order valence-corrected chi connectivity index (χ0v) is 21.3. The van der Waals surface area contributed by atoms with E-state index < -0.39 is 0 Å². The average Bonchev–Trinajstić information content (AvgIpc) is 3.76. The summed E-state index contributed by atoms with van der Waals surface area (Å²) in [5.74, 6) is 1.13. The molecule has 194 valence electrons. The average molecular weight is 509 g/mol. The van der Waals surface area contributed by atoms with E-state index in [1.165, 1.54) is 12.8 Å². The van der Waals surface area contributed by atoms with E-state index in [0.29, 0.717) is 24.5 Å². The number of fused-ring (bicyclic) bond motifs is 1. The molecule has 7 nitrogen and oxygen atoms in total. The van der Waals surface area contributed by atoms with Crippen LogP contribution in [0.5, 0.6) is 5.75 Å². The second-order valence-electron chi connectivity index (χ2n) is 10.4. The molecule has 0 radical (unpaired) electrons. The number of carbonyl (C=O) groups is 2. The molecule has 0 saturated heterocycles. The number of guanidine groups is 1. The topological polar surface area (TPSA) is 97.0 Å². The molecule has 3 atom stereocenters. The number of nitrogens with one attached hydrogen (secondary N) is 1. The van der Waals surface area contributed by atoms with Crippen molar-refractivity contribution in [2.75, 3.05) is 6.61 Å². The first-order valence-corrected chi connectivity index (χ1v) is 13.4. The van der Waals surface area contributed by atoms with Crippen molar-refractivity contribution >= 4 is 17.8 Å². The van der Waals surface area contributed by atoms with Crippen molar-refractivity contribution in [3.05, 3.63) is 101 Å². The van der Waals surface area contributed by atoms with Gasteiger partial charge in [-0.05, 0) is 41.7 Å². The predicted molar refractivity (Wildman–Crippen MR) is 146 cm³/mol. The predicted octanol–water partition coefficient (Wildman–Crippen LogP) is 4.55. The van der Waals surface area contributed by atoms with Gasteiger partial charge in [-0.3, -0.25) is 14.5 Å². The summed E-state index contributed by atoms with van der Waals surface area (Å²) in [5, 5.41) is 3.15. The van der Waals surface area contributed by atoms with Gasteiger partial charge in [0.1, 0.15) is 5.75 Å². The van der Waals surface area contributed by atoms with Gasteiger partial charge in [0.2, 0.25) is 5.91 Å². The SMILES string of the molecule is NC1=N[C@H](CC2CC2)C(c2ccccc2)C(=O)N1Cc1cccc(C(=O)N[C@H]2CCOc3ccccc32)c1. The summed E-state index contributed by atoms with van der Waals surface area (Å²) in [6.07, 6.45) is 3.98. The molecule has 3 aliphatic rings. The summed E-state index contributed by atoms with van der Waals surface area (Å²) in [5.41, 5.74) is 9.69. The highest BCUT2D eigenvalue weighted by atomic mass is 16.5. The van der Waals surface area contributed by atoms with Crippen LogP contribution in [0.15, 0.2) is 83.9 Å². The van der Waals surface area contributed by atoms with Crippen LogP contribution in [0.2, 0.25) is 0 Å². The zero-order valence-electron chi connectivity index (χ0n) is 21.3. The van der Waals surface area contributed by atoms with Crippen LogP contribution in [0.4, 0.5) is 0 Å². The van der Waals surface area contributed by atoms with Crippen LogP contribution in [0.1, 0.15) is 64.7 Å². The molecular formula is C31H32N4O3. The van der Waals surface area contributed by atoms with Gasteiger partial charge in [0, 0.05) is 17.5 Å². The first-order valence-electron chi connectivity index (χ1n) is 13.4. The number of para-hydroxylation sites is 1. The van der Waals surface area contributed by atoms with Crippen LogP contribution in [0.3, 0.4) is 0 Å². The number of ether oxygens (including phenoxy) is 1. The van der Waals surface area contributed by atoms with Gasteiger partial charge in [0.15, 0.2) is 5.96 Å². The second kappa shape index (κ2) is 10.3.